The molecule has 3 unspecified atom stereocenters. The molecule has 19 heavy (non-hydrogen) atoms. The minimum absolute atomic E-state index is 0.741. The van der Waals surface area contributed by atoms with Crippen LogP contribution in [-0.4, -0.2) is 37.1 Å². The van der Waals surface area contributed by atoms with Crippen molar-refractivity contribution in [3.63, 3.8) is 0 Å². The van der Waals surface area contributed by atoms with Crippen molar-refractivity contribution in [2.75, 3.05) is 20.1 Å². The highest BCUT2D eigenvalue weighted by molar-refractivity contribution is 4.92. The smallest absolute Gasteiger partial charge is 0.0251 e. The molecule has 0 radical (unpaired) electrons. The first-order valence-electron chi connectivity index (χ1n) is 8.69. The zero-order chi connectivity index (χ0) is 13.7. The fraction of sp³-hybridized carbons (Fsp3) is 1.00. The van der Waals surface area contributed by atoms with E-state index in [-0.39, 0.29) is 0 Å². The molecule has 2 rings (SSSR count). The minimum atomic E-state index is 0.741. The van der Waals surface area contributed by atoms with Crippen molar-refractivity contribution in [2.24, 2.45) is 11.8 Å². The summed E-state index contributed by atoms with van der Waals surface area (Å²) >= 11 is 0. The summed E-state index contributed by atoms with van der Waals surface area (Å²) < 4.78 is 0. The molecule has 0 aromatic rings. The number of hydrogen-bond acceptors (Lipinski definition) is 2. The molecule has 1 aliphatic heterocycles. The molecule has 2 heteroatoms. The lowest BCUT2D eigenvalue weighted by atomic mass is 9.79. The molecule has 0 aromatic carbocycles. The Morgan fingerprint density at radius 1 is 1.00 bits per heavy atom. The maximum atomic E-state index is 3.59. The number of hydrogen-bond donors (Lipinski definition) is 1. The van der Waals surface area contributed by atoms with Gasteiger partial charge in [-0.15, -0.1) is 0 Å². The van der Waals surface area contributed by atoms with Gasteiger partial charge in [0.05, 0.1) is 0 Å². The zero-order valence-electron chi connectivity index (χ0n) is 13.3. The normalized spacial score (nSPS) is 34.6. The van der Waals surface area contributed by atoms with E-state index in [2.05, 4.69) is 31.1 Å². The van der Waals surface area contributed by atoms with Crippen LogP contribution in [0.2, 0.25) is 0 Å². The summed E-state index contributed by atoms with van der Waals surface area (Å²) in [5.41, 5.74) is 0. The first kappa shape index (κ1) is 15.3. The lowest BCUT2D eigenvalue weighted by Gasteiger charge is -2.45. The summed E-state index contributed by atoms with van der Waals surface area (Å²) in [5.74, 6) is 1.99. The van der Waals surface area contributed by atoms with Gasteiger partial charge in [-0.25, -0.2) is 0 Å². The molecule has 0 amide bonds. The van der Waals surface area contributed by atoms with E-state index in [0.29, 0.717) is 0 Å². The quantitative estimate of drug-likeness (QED) is 0.817. The number of likely N-dealkylation sites (tertiary alicyclic amines) is 1. The summed E-state index contributed by atoms with van der Waals surface area (Å²) in [6.45, 7) is 7.40. The van der Waals surface area contributed by atoms with E-state index in [1.54, 1.807) is 0 Å². The van der Waals surface area contributed by atoms with Gasteiger partial charge in [-0.1, -0.05) is 33.1 Å². The molecular weight excluding hydrogens is 232 g/mol. The van der Waals surface area contributed by atoms with E-state index >= 15 is 0 Å². The van der Waals surface area contributed by atoms with Gasteiger partial charge in [0, 0.05) is 12.1 Å². The molecular formula is C17H34N2. The number of piperidine rings is 1. The molecule has 0 bridgehead atoms. The molecule has 1 N–H and O–H groups in total. The van der Waals surface area contributed by atoms with Crippen LogP contribution in [0.4, 0.5) is 0 Å². The zero-order valence-corrected chi connectivity index (χ0v) is 13.3. The highest BCUT2D eigenvalue weighted by atomic mass is 15.2. The fourth-order valence-corrected chi connectivity index (χ4v) is 4.32. The molecule has 112 valence electrons. The van der Waals surface area contributed by atoms with E-state index in [4.69, 9.17) is 0 Å². The monoisotopic (exact) mass is 266 g/mol. The number of likely N-dealkylation sites (N-methyl/N-ethyl adjacent to an activating group) is 1. The SMILES string of the molecule is CCCC1CCN(C2CC(CC)CCC2NC)CC1. The summed E-state index contributed by atoms with van der Waals surface area (Å²) in [6.07, 6.45) is 11.3. The maximum Gasteiger partial charge on any atom is 0.0251 e. The molecule has 1 aliphatic carbocycles. The molecule has 1 saturated carbocycles. The maximum absolute atomic E-state index is 3.59. The summed E-state index contributed by atoms with van der Waals surface area (Å²) in [6, 6.07) is 1.55. The van der Waals surface area contributed by atoms with Crippen LogP contribution in [0.25, 0.3) is 0 Å². The molecule has 1 saturated heterocycles. The Morgan fingerprint density at radius 2 is 1.74 bits per heavy atom. The lowest BCUT2D eigenvalue weighted by Crippen LogP contribution is -2.54. The fourth-order valence-electron chi connectivity index (χ4n) is 4.32. The predicted octanol–water partition coefficient (Wildman–Crippen LogP) is 3.67. The Bertz CT molecular complexity index is 246. The van der Waals surface area contributed by atoms with Crippen molar-refractivity contribution in [1.29, 1.82) is 0 Å². The van der Waals surface area contributed by atoms with Crippen LogP contribution in [0, 0.1) is 11.8 Å². The second-order valence-electron chi connectivity index (χ2n) is 6.82. The van der Waals surface area contributed by atoms with Crippen LogP contribution >= 0.6 is 0 Å². The van der Waals surface area contributed by atoms with Crippen molar-refractivity contribution in [3.05, 3.63) is 0 Å². The second kappa shape index (κ2) is 7.64. The molecule has 2 fully saturated rings. The minimum Gasteiger partial charge on any atom is -0.315 e. The first-order chi connectivity index (χ1) is 9.28. The van der Waals surface area contributed by atoms with E-state index < -0.39 is 0 Å². The lowest BCUT2D eigenvalue weighted by molar-refractivity contribution is 0.0649. The third-order valence-electron chi connectivity index (χ3n) is 5.69. The molecule has 2 nitrogen and oxygen atoms in total. The van der Waals surface area contributed by atoms with Crippen molar-refractivity contribution in [3.8, 4) is 0 Å². The number of rotatable bonds is 5. The highest BCUT2D eigenvalue weighted by Gasteiger charge is 2.34. The molecule has 0 spiro atoms. The molecule has 0 aromatic heterocycles. The second-order valence-corrected chi connectivity index (χ2v) is 6.82. The Labute approximate surface area is 120 Å². The Morgan fingerprint density at radius 3 is 2.32 bits per heavy atom. The standard InChI is InChI=1S/C17H34N2/c1-4-6-15-9-11-19(12-10-15)17-13-14(5-2)7-8-16(17)18-3/h14-18H,4-13H2,1-3H3. The molecule has 1 heterocycles. The van der Waals surface area contributed by atoms with Crippen LogP contribution in [-0.2, 0) is 0 Å². The van der Waals surface area contributed by atoms with E-state index in [9.17, 15) is 0 Å². The van der Waals surface area contributed by atoms with Gasteiger partial charge in [-0.2, -0.15) is 0 Å². The first-order valence-corrected chi connectivity index (χ1v) is 8.69. The average Bonchev–Trinajstić information content (AvgIpc) is 2.47. The van der Waals surface area contributed by atoms with Gasteiger partial charge in [0.15, 0.2) is 0 Å². The van der Waals surface area contributed by atoms with Gasteiger partial charge in [-0.3, -0.25) is 4.90 Å². The van der Waals surface area contributed by atoms with E-state index in [1.165, 1.54) is 64.5 Å². The predicted molar refractivity (Wildman–Crippen MR) is 83.5 cm³/mol. The van der Waals surface area contributed by atoms with Gasteiger partial charge in [0.1, 0.15) is 0 Å². The highest BCUT2D eigenvalue weighted by Crippen LogP contribution is 2.32. The van der Waals surface area contributed by atoms with Crippen molar-refractivity contribution < 1.29 is 0 Å². The third-order valence-corrected chi connectivity index (χ3v) is 5.69. The summed E-state index contributed by atoms with van der Waals surface area (Å²) in [7, 11) is 2.16. The van der Waals surface area contributed by atoms with Crippen molar-refractivity contribution >= 4 is 0 Å². The molecule has 3 atom stereocenters. The van der Waals surface area contributed by atoms with Crippen molar-refractivity contribution in [2.45, 2.75) is 77.3 Å². The van der Waals surface area contributed by atoms with Gasteiger partial charge in [0.2, 0.25) is 0 Å². The summed E-state index contributed by atoms with van der Waals surface area (Å²) in [4.78, 5) is 2.81. The van der Waals surface area contributed by atoms with Crippen LogP contribution in [0.5, 0.6) is 0 Å². The Kier molecular flexibility index (Phi) is 6.15. The van der Waals surface area contributed by atoms with Crippen LogP contribution in [0.15, 0.2) is 0 Å². The van der Waals surface area contributed by atoms with Crippen LogP contribution in [0.3, 0.4) is 0 Å². The Hall–Kier alpha value is -0.0800. The molecule has 2 aliphatic rings. The Balaban J connectivity index is 1.88. The number of nitrogens with zero attached hydrogens (tertiary/aromatic N) is 1. The third kappa shape index (κ3) is 3.95. The largest absolute Gasteiger partial charge is 0.315 e. The number of nitrogens with one attached hydrogen (secondary N) is 1. The van der Waals surface area contributed by atoms with E-state index in [1.807, 2.05) is 0 Å². The van der Waals surface area contributed by atoms with Crippen LogP contribution in [0.1, 0.15) is 65.2 Å². The summed E-state index contributed by atoms with van der Waals surface area (Å²) in [5, 5.41) is 3.59. The van der Waals surface area contributed by atoms with Gasteiger partial charge < -0.3 is 5.32 Å². The van der Waals surface area contributed by atoms with Gasteiger partial charge >= 0.3 is 0 Å². The average molecular weight is 266 g/mol. The van der Waals surface area contributed by atoms with Crippen LogP contribution < -0.4 is 5.32 Å². The van der Waals surface area contributed by atoms with Gasteiger partial charge in [-0.05, 0) is 64.1 Å². The van der Waals surface area contributed by atoms with Crippen molar-refractivity contribution in [1.82, 2.24) is 10.2 Å². The topological polar surface area (TPSA) is 15.3 Å². The van der Waals surface area contributed by atoms with E-state index in [0.717, 1.165) is 23.9 Å². The van der Waals surface area contributed by atoms with Gasteiger partial charge in [0.25, 0.3) is 0 Å².